The van der Waals surface area contributed by atoms with Crippen molar-refractivity contribution in [2.24, 2.45) is 11.8 Å². The van der Waals surface area contributed by atoms with Crippen molar-refractivity contribution < 1.29 is 0 Å². The molecule has 1 aliphatic carbocycles. The number of rotatable bonds is 6. The van der Waals surface area contributed by atoms with Crippen LogP contribution < -0.4 is 0 Å². The van der Waals surface area contributed by atoms with E-state index in [1.165, 1.54) is 38.5 Å². The first-order chi connectivity index (χ1) is 5.38. The van der Waals surface area contributed by atoms with E-state index in [4.69, 9.17) is 0 Å². The Kier molecular flexibility index (Phi) is 3.96. The molecule has 0 nitrogen and oxygen atoms in total. The molecule has 0 saturated heterocycles. The molecule has 0 N–H and O–H groups in total. The van der Waals surface area contributed by atoms with Gasteiger partial charge in [-0.2, -0.15) is 0 Å². The minimum absolute atomic E-state index is 1.12. The highest BCUT2D eigenvalue weighted by Crippen LogP contribution is 2.44. The Balaban J connectivity index is 1.82. The maximum Gasteiger partial charge on any atom is -0.0383 e. The maximum atomic E-state index is 2.33. The predicted octanol–water partition coefficient (Wildman–Crippen LogP) is 4.00. The van der Waals surface area contributed by atoms with Crippen LogP contribution in [0.25, 0.3) is 0 Å². The minimum atomic E-state index is 1.12. The highest BCUT2D eigenvalue weighted by molar-refractivity contribution is 4.84. The lowest BCUT2D eigenvalue weighted by Gasteiger charge is -1.97. The summed E-state index contributed by atoms with van der Waals surface area (Å²) in [5.74, 6) is 2.26. The largest absolute Gasteiger partial charge is 0.0654 e. The molecule has 1 fully saturated rings. The normalized spacial score (nSPS) is 28.9. The average molecular weight is 154 g/mol. The third kappa shape index (κ3) is 3.27. The first-order valence-electron chi connectivity index (χ1n) is 5.38. The SMILES string of the molecule is CCCCCCC1CC1CC. The van der Waals surface area contributed by atoms with Gasteiger partial charge in [-0.1, -0.05) is 52.4 Å². The summed E-state index contributed by atoms with van der Waals surface area (Å²) in [7, 11) is 0. The van der Waals surface area contributed by atoms with Crippen LogP contribution in [-0.2, 0) is 0 Å². The summed E-state index contributed by atoms with van der Waals surface area (Å²) in [6.45, 7) is 4.61. The van der Waals surface area contributed by atoms with Gasteiger partial charge in [-0.25, -0.2) is 0 Å². The quantitative estimate of drug-likeness (QED) is 0.507. The van der Waals surface area contributed by atoms with E-state index in [0.717, 1.165) is 11.8 Å². The summed E-state index contributed by atoms with van der Waals surface area (Å²) in [5.41, 5.74) is 0. The fourth-order valence-electron chi connectivity index (χ4n) is 2.00. The zero-order chi connectivity index (χ0) is 8.10. The molecule has 0 aromatic heterocycles. The van der Waals surface area contributed by atoms with Crippen LogP contribution in [0.15, 0.2) is 0 Å². The van der Waals surface area contributed by atoms with E-state index < -0.39 is 0 Å². The van der Waals surface area contributed by atoms with Gasteiger partial charge in [-0.15, -0.1) is 0 Å². The van der Waals surface area contributed by atoms with E-state index in [-0.39, 0.29) is 0 Å². The molecule has 2 atom stereocenters. The van der Waals surface area contributed by atoms with Gasteiger partial charge in [-0.05, 0) is 18.3 Å². The van der Waals surface area contributed by atoms with Crippen molar-refractivity contribution in [2.45, 2.75) is 58.8 Å². The van der Waals surface area contributed by atoms with Crippen LogP contribution in [-0.4, -0.2) is 0 Å². The zero-order valence-corrected chi connectivity index (χ0v) is 8.10. The smallest absolute Gasteiger partial charge is 0.0383 e. The molecule has 2 unspecified atom stereocenters. The summed E-state index contributed by atoms with van der Waals surface area (Å²) in [6, 6.07) is 0. The van der Waals surface area contributed by atoms with Gasteiger partial charge in [-0.3, -0.25) is 0 Å². The van der Waals surface area contributed by atoms with E-state index in [1.807, 2.05) is 0 Å². The standard InChI is InChI=1S/C11H22/c1-3-5-6-7-8-11-9-10(11)4-2/h10-11H,3-9H2,1-2H3. The molecule has 0 amide bonds. The Morgan fingerprint density at radius 3 is 2.36 bits per heavy atom. The third-order valence-corrected chi connectivity index (χ3v) is 3.02. The Hall–Kier alpha value is 0. The predicted molar refractivity (Wildman–Crippen MR) is 50.6 cm³/mol. The van der Waals surface area contributed by atoms with E-state index in [2.05, 4.69) is 13.8 Å². The van der Waals surface area contributed by atoms with Gasteiger partial charge in [0.15, 0.2) is 0 Å². The van der Waals surface area contributed by atoms with Crippen molar-refractivity contribution in [3.63, 3.8) is 0 Å². The second-order valence-electron chi connectivity index (χ2n) is 4.01. The first kappa shape index (κ1) is 9.09. The summed E-state index contributed by atoms with van der Waals surface area (Å²) in [4.78, 5) is 0. The van der Waals surface area contributed by atoms with Crippen LogP contribution in [0.5, 0.6) is 0 Å². The first-order valence-corrected chi connectivity index (χ1v) is 5.38. The number of hydrogen-bond donors (Lipinski definition) is 0. The highest BCUT2D eigenvalue weighted by Gasteiger charge is 2.33. The molecule has 0 bridgehead atoms. The summed E-state index contributed by atoms with van der Waals surface area (Å²) >= 11 is 0. The Morgan fingerprint density at radius 1 is 1.00 bits per heavy atom. The molecule has 0 spiro atoms. The fraction of sp³-hybridized carbons (Fsp3) is 1.00. The Bertz CT molecular complexity index is 96.2. The van der Waals surface area contributed by atoms with Crippen molar-refractivity contribution >= 4 is 0 Å². The molecule has 0 aliphatic heterocycles. The van der Waals surface area contributed by atoms with Crippen LogP contribution in [0.2, 0.25) is 0 Å². The molecule has 1 aliphatic rings. The van der Waals surface area contributed by atoms with Crippen LogP contribution in [0, 0.1) is 11.8 Å². The van der Waals surface area contributed by atoms with Crippen LogP contribution in [0.1, 0.15) is 58.8 Å². The van der Waals surface area contributed by atoms with Crippen molar-refractivity contribution in [3.8, 4) is 0 Å². The maximum absolute atomic E-state index is 2.33. The van der Waals surface area contributed by atoms with Crippen molar-refractivity contribution in [3.05, 3.63) is 0 Å². The molecule has 1 saturated carbocycles. The molecule has 0 aromatic carbocycles. The molecular formula is C11H22. The Labute approximate surface area is 71.4 Å². The third-order valence-electron chi connectivity index (χ3n) is 3.02. The van der Waals surface area contributed by atoms with Gasteiger partial charge in [0, 0.05) is 0 Å². The van der Waals surface area contributed by atoms with Gasteiger partial charge < -0.3 is 0 Å². The second kappa shape index (κ2) is 4.79. The molecular weight excluding hydrogens is 132 g/mol. The van der Waals surface area contributed by atoms with Crippen LogP contribution in [0.3, 0.4) is 0 Å². The minimum Gasteiger partial charge on any atom is -0.0654 e. The van der Waals surface area contributed by atoms with E-state index in [1.54, 1.807) is 6.42 Å². The van der Waals surface area contributed by atoms with E-state index in [9.17, 15) is 0 Å². The number of hydrogen-bond acceptors (Lipinski definition) is 0. The highest BCUT2D eigenvalue weighted by atomic mass is 14.4. The zero-order valence-electron chi connectivity index (χ0n) is 8.10. The van der Waals surface area contributed by atoms with Crippen LogP contribution >= 0.6 is 0 Å². The monoisotopic (exact) mass is 154 g/mol. The van der Waals surface area contributed by atoms with Gasteiger partial charge in [0.2, 0.25) is 0 Å². The summed E-state index contributed by atoms with van der Waals surface area (Å²) < 4.78 is 0. The molecule has 11 heavy (non-hydrogen) atoms. The van der Waals surface area contributed by atoms with E-state index >= 15 is 0 Å². The van der Waals surface area contributed by atoms with Gasteiger partial charge in [0.25, 0.3) is 0 Å². The molecule has 0 heteroatoms. The molecule has 0 heterocycles. The fourth-order valence-corrected chi connectivity index (χ4v) is 2.00. The number of unbranched alkanes of at least 4 members (excludes halogenated alkanes) is 3. The van der Waals surface area contributed by atoms with Crippen LogP contribution in [0.4, 0.5) is 0 Å². The van der Waals surface area contributed by atoms with Gasteiger partial charge in [0.1, 0.15) is 0 Å². The molecule has 1 rings (SSSR count). The molecule has 66 valence electrons. The second-order valence-corrected chi connectivity index (χ2v) is 4.01. The molecule has 0 aromatic rings. The lowest BCUT2D eigenvalue weighted by atomic mass is 10.1. The van der Waals surface area contributed by atoms with Crippen molar-refractivity contribution in [1.29, 1.82) is 0 Å². The van der Waals surface area contributed by atoms with Gasteiger partial charge in [0.05, 0.1) is 0 Å². The lowest BCUT2D eigenvalue weighted by Crippen LogP contribution is -1.82. The lowest BCUT2D eigenvalue weighted by molar-refractivity contribution is 0.562. The van der Waals surface area contributed by atoms with Gasteiger partial charge >= 0.3 is 0 Å². The van der Waals surface area contributed by atoms with E-state index in [0.29, 0.717) is 0 Å². The summed E-state index contributed by atoms with van der Waals surface area (Å²) in [6.07, 6.45) is 10.3. The van der Waals surface area contributed by atoms with Crippen molar-refractivity contribution in [1.82, 2.24) is 0 Å². The molecule has 0 radical (unpaired) electrons. The van der Waals surface area contributed by atoms with Crippen molar-refractivity contribution in [2.75, 3.05) is 0 Å². The topological polar surface area (TPSA) is 0 Å². The summed E-state index contributed by atoms with van der Waals surface area (Å²) in [5, 5.41) is 0. The Morgan fingerprint density at radius 2 is 1.82 bits per heavy atom. The average Bonchev–Trinajstić information content (AvgIpc) is 2.77.